The Kier molecular flexibility index (Phi) is 2.65. The molecule has 18 heavy (non-hydrogen) atoms. The van der Waals surface area contributed by atoms with Crippen LogP contribution < -0.4 is 0 Å². The Morgan fingerprint density at radius 1 is 1.06 bits per heavy atom. The van der Waals surface area contributed by atoms with Crippen molar-refractivity contribution in [2.24, 2.45) is 0 Å². The van der Waals surface area contributed by atoms with Crippen molar-refractivity contribution in [1.82, 2.24) is 4.98 Å². The maximum atomic E-state index is 11.3. The van der Waals surface area contributed by atoms with Crippen molar-refractivity contribution in [1.29, 1.82) is 0 Å². The molecule has 3 aromatic rings. The number of rotatable bonds is 2. The summed E-state index contributed by atoms with van der Waals surface area (Å²) in [7, 11) is 0. The highest BCUT2D eigenvalue weighted by Gasteiger charge is 2.12. The van der Waals surface area contributed by atoms with E-state index in [1.54, 1.807) is 0 Å². The minimum atomic E-state index is 0.629. The Balaban J connectivity index is 2.33. The summed E-state index contributed by atoms with van der Waals surface area (Å²) < 4.78 is 0. The first-order valence-electron chi connectivity index (χ1n) is 5.61. The number of carbonyl (C=O) groups excluding carboxylic acids is 1. The molecule has 0 atom stereocenters. The zero-order valence-corrected chi connectivity index (χ0v) is 10.2. The first-order chi connectivity index (χ1) is 8.79. The fraction of sp³-hybridized carbons (Fsp3) is 0. The highest BCUT2D eigenvalue weighted by atomic mass is 35.5. The first-order valence-corrected chi connectivity index (χ1v) is 5.99. The van der Waals surface area contributed by atoms with Crippen molar-refractivity contribution in [3.8, 4) is 11.3 Å². The molecular formula is C15H10ClNO. The number of aromatic nitrogens is 1. The quantitative estimate of drug-likeness (QED) is 0.681. The van der Waals surface area contributed by atoms with Gasteiger partial charge in [-0.15, -0.1) is 0 Å². The number of H-pyrrole nitrogens is 1. The van der Waals surface area contributed by atoms with E-state index in [2.05, 4.69) is 4.98 Å². The molecule has 1 N–H and O–H groups in total. The summed E-state index contributed by atoms with van der Waals surface area (Å²) in [5.41, 5.74) is 3.40. The number of aldehydes is 1. The van der Waals surface area contributed by atoms with E-state index in [4.69, 9.17) is 11.6 Å². The van der Waals surface area contributed by atoms with Gasteiger partial charge in [0.15, 0.2) is 6.29 Å². The third-order valence-electron chi connectivity index (χ3n) is 2.98. The molecule has 1 heterocycles. The van der Waals surface area contributed by atoms with Crippen LogP contribution in [-0.2, 0) is 0 Å². The van der Waals surface area contributed by atoms with Gasteiger partial charge in [-0.2, -0.15) is 0 Å². The maximum absolute atomic E-state index is 11.3. The van der Waals surface area contributed by atoms with Gasteiger partial charge in [0.05, 0.1) is 5.69 Å². The van der Waals surface area contributed by atoms with Crippen LogP contribution in [0.5, 0.6) is 0 Å². The Morgan fingerprint density at radius 2 is 1.83 bits per heavy atom. The summed E-state index contributed by atoms with van der Waals surface area (Å²) in [5.74, 6) is 0. The molecule has 3 heteroatoms. The van der Waals surface area contributed by atoms with E-state index in [0.717, 1.165) is 28.4 Å². The van der Waals surface area contributed by atoms with Gasteiger partial charge in [-0.1, -0.05) is 41.9 Å². The highest BCUT2D eigenvalue weighted by Crippen LogP contribution is 2.30. The number of benzene rings is 2. The normalized spacial score (nSPS) is 10.7. The van der Waals surface area contributed by atoms with Crippen LogP contribution in [0, 0.1) is 0 Å². The smallest absolute Gasteiger partial charge is 0.152 e. The molecular weight excluding hydrogens is 246 g/mol. The van der Waals surface area contributed by atoms with Crippen molar-refractivity contribution >= 4 is 28.8 Å². The number of nitrogens with one attached hydrogen (secondary N) is 1. The van der Waals surface area contributed by atoms with E-state index < -0.39 is 0 Å². The number of fused-ring (bicyclic) bond motifs is 1. The van der Waals surface area contributed by atoms with Crippen molar-refractivity contribution in [2.45, 2.75) is 0 Å². The van der Waals surface area contributed by atoms with Crippen LogP contribution in [0.25, 0.3) is 22.2 Å². The SMILES string of the molecule is O=Cc1c(-c2ccccc2)[nH]c2ccc(Cl)cc12. The van der Waals surface area contributed by atoms with Crippen LogP contribution in [0.1, 0.15) is 10.4 Å². The van der Waals surface area contributed by atoms with E-state index >= 15 is 0 Å². The van der Waals surface area contributed by atoms with E-state index in [-0.39, 0.29) is 0 Å². The second kappa shape index (κ2) is 4.31. The van der Waals surface area contributed by atoms with E-state index in [9.17, 15) is 4.79 Å². The molecule has 0 amide bonds. The molecule has 2 aromatic carbocycles. The van der Waals surface area contributed by atoms with Crippen LogP contribution in [0.15, 0.2) is 48.5 Å². The lowest BCUT2D eigenvalue weighted by Gasteiger charge is -1.98. The average molecular weight is 256 g/mol. The maximum Gasteiger partial charge on any atom is 0.152 e. The summed E-state index contributed by atoms with van der Waals surface area (Å²) >= 11 is 5.97. The van der Waals surface area contributed by atoms with Gasteiger partial charge in [0.1, 0.15) is 0 Å². The monoisotopic (exact) mass is 255 g/mol. The van der Waals surface area contributed by atoms with Gasteiger partial charge in [-0.3, -0.25) is 4.79 Å². The zero-order chi connectivity index (χ0) is 12.5. The Hall–Kier alpha value is -2.06. The Morgan fingerprint density at radius 3 is 2.56 bits per heavy atom. The molecule has 0 saturated heterocycles. The van der Waals surface area contributed by atoms with Crippen LogP contribution >= 0.6 is 11.6 Å². The van der Waals surface area contributed by atoms with Gasteiger partial charge >= 0.3 is 0 Å². The average Bonchev–Trinajstić information content (AvgIpc) is 2.77. The predicted octanol–water partition coefficient (Wildman–Crippen LogP) is 4.30. The number of aromatic amines is 1. The largest absolute Gasteiger partial charge is 0.354 e. The lowest BCUT2D eigenvalue weighted by molar-refractivity contribution is 0.112. The van der Waals surface area contributed by atoms with Crippen LogP contribution in [0.3, 0.4) is 0 Å². The molecule has 0 bridgehead atoms. The van der Waals surface area contributed by atoms with Crippen molar-refractivity contribution in [2.75, 3.05) is 0 Å². The first kappa shape index (κ1) is 11.1. The van der Waals surface area contributed by atoms with Crippen LogP contribution in [-0.4, -0.2) is 11.3 Å². The fourth-order valence-electron chi connectivity index (χ4n) is 2.14. The number of carbonyl (C=O) groups is 1. The van der Waals surface area contributed by atoms with Crippen LogP contribution in [0.2, 0.25) is 5.02 Å². The molecule has 0 aliphatic heterocycles. The van der Waals surface area contributed by atoms with Gasteiger partial charge < -0.3 is 4.98 Å². The minimum Gasteiger partial charge on any atom is -0.354 e. The molecule has 0 spiro atoms. The topological polar surface area (TPSA) is 32.9 Å². The molecule has 3 rings (SSSR count). The molecule has 88 valence electrons. The van der Waals surface area contributed by atoms with Crippen LogP contribution in [0.4, 0.5) is 0 Å². The molecule has 0 fully saturated rings. The van der Waals surface area contributed by atoms with E-state index in [1.165, 1.54) is 0 Å². The second-order valence-electron chi connectivity index (χ2n) is 4.09. The molecule has 0 saturated carbocycles. The number of halogens is 1. The summed E-state index contributed by atoms with van der Waals surface area (Å²) in [6.45, 7) is 0. The standard InChI is InChI=1S/C15H10ClNO/c16-11-6-7-14-12(8-11)13(9-18)15(17-14)10-4-2-1-3-5-10/h1-9,17H. The van der Waals surface area contributed by atoms with Gasteiger partial charge in [-0.05, 0) is 23.8 Å². The van der Waals surface area contributed by atoms with Crippen molar-refractivity contribution in [3.05, 3.63) is 59.1 Å². The third-order valence-corrected chi connectivity index (χ3v) is 3.22. The van der Waals surface area contributed by atoms with Gasteiger partial charge in [0.25, 0.3) is 0 Å². The van der Waals surface area contributed by atoms with Gasteiger partial charge in [0, 0.05) is 21.5 Å². The number of hydrogen-bond donors (Lipinski definition) is 1. The Bertz CT molecular complexity index is 716. The molecule has 1 aromatic heterocycles. The molecule has 0 aliphatic carbocycles. The second-order valence-corrected chi connectivity index (χ2v) is 4.52. The van der Waals surface area contributed by atoms with Gasteiger partial charge in [0.2, 0.25) is 0 Å². The third kappa shape index (κ3) is 1.71. The Labute approximate surface area is 109 Å². The number of hydrogen-bond acceptors (Lipinski definition) is 1. The van der Waals surface area contributed by atoms with E-state index in [0.29, 0.717) is 10.6 Å². The highest BCUT2D eigenvalue weighted by molar-refractivity contribution is 6.31. The van der Waals surface area contributed by atoms with Crippen molar-refractivity contribution < 1.29 is 4.79 Å². The summed E-state index contributed by atoms with van der Waals surface area (Å²) in [6, 6.07) is 15.3. The molecule has 0 radical (unpaired) electrons. The lowest BCUT2D eigenvalue weighted by atomic mass is 10.1. The summed E-state index contributed by atoms with van der Waals surface area (Å²) in [5, 5.41) is 1.49. The van der Waals surface area contributed by atoms with Gasteiger partial charge in [-0.25, -0.2) is 0 Å². The van der Waals surface area contributed by atoms with Crippen molar-refractivity contribution in [3.63, 3.8) is 0 Å². The fourth-order valence-corrected chi connectivity index (χ4v) is 2.31. The summed E-state index contributed by atoms with van der Waals surface area (Å²) in [6.07, 6.45) is 0.873. The molecule has 0 unspecified atom stereocenters. The minimum absolute atomic E-state index is 0.629. The molecule has 0 aliphatic rings. The van der Waals surface area contributed by atoms with E-state index in [1.807, 2.05) is 48.5 Å². The zero-order valence-electron chi connectivity index (χ0n) is 9.48. The lowest BCUT2D eigenvalue weighted by Crippen LogP contribution is -1.83. The summed E-state index contributed by atoms with van der Waals surface area (Å²) in [4.78, 5) is 14.6. The predicted molar refractivity (Wildman–Crippen MR) is 74.1 cm³/mol. The molecule has 2 nitrogen and oxygen atoms in total.